The third-order valence-corrected chi connectivity index (χ3v) is 4.87. The zero-order chi connectivity index (χ0) is 17.1. The third-order valence-electron chi connectivity index (χ3n) is 4.28. The molecule has 128 valence electrons. The van der Waals surface area contributed by atoms with E-state index >= 15 is 0 Å². The van der Waals surface area contributed by atoms with E-state index in [0.717, 1.165) is 37.0 Å². The van der Waals surface area contributed by atoms with Gasteiger partial charge in [0.2, 0.25) is 0 Å². The minimum absolute atomic E-state index is 0.0104. The first kappa shape index (κ1) is 17.3. The van der Waals surface area contributed by atoms with Crippen molar-refractivity contribution in [3.05, 3.63) is 33.9 Å². The number of aromatic nitrogens is 1. The number of pyridine rings is 1. The molecule has 0 saturated carbocycles. The van der Waals surface area contributed by atoms with Gasteiger partial charge in [0.25, 0.3) is 5.91 Å². The number of rotatable bonds is 3. The lowest BCUT2D eigenvalue weighted by molar-refractivity contribution is -0.133. The Labute approximate surface area is 151 Å². The lowest BCUT2D eigenvalue weighted by Gasteiger charge is -2.21. The molecule has 6 heteroatoms. The van der Waals surface area contributed by atoms with Crippen LogP contribution in [0.2, 0.25) is 10.0 Å². The molecule has 0 bridgehead atoms. The van der Waals surface area contributed by atoms with Crippen LogP contribution in [-0.2, 0) is 4.79 Å². The van der Waals surface area contributed by atoms with Crippen LogP contribution in [0.25, 0.3) is 10.9 Å². The normalized spacial score (nSPS) is 15.4. The highest BCUT2D eigenvalue weighted by Crippen LogP contribution is 2.37. The van der Waals surface area contributed by atoms with Crippen molar-refractivity contribution in [2.45, 2.75) is 32.6 Å². The van der Waals surface area contributed by atoms with Gasteiger partial charge in [0.15, 0.2) is 12.4 Å². The zero-order valence-electron chi connectivity index (χ0n) is 13.6. The van der Waals surface area contributed by atoms with Crippen LogP contribution in [0, 0.1) is 6.92 Å². The molecule has 0 aliphatic carbocycles. The van der Waals surface area contributed by atoms with Crippen molar-refractivity contribution >= 4 is 40.0 Å². The highest BCUT2D eigenvalue weighted by Gasteiger charge is 2.18. The maximum atomic E-state index is 12.4. The van der Waals surface area contributed by atoms with Gasteiger partial charge in [-0.25, -0.2) is 4.98 Å². The highest BCUT2D eigenvalue weighted by atomic mass is 35.5. The number of likely N-dealkylation sites (tertiary alicyclic amines) is 1. The van der Waals surface area contributed by atoms with Gasteiger partial charge in [-0.15, -0.1) is 0 Å². The van der Waals surface area contributed by atoms with Crippen LogP contribution in [0.4, 0.5) is 0 Å². The molecule has 3 rings (SSSR count). The van der Waals surface area contributed by atoms with Crippen LogP contribution in [0.3, 0.4) is 0 Å². The Bertz CT molecular complexity index is 756. The molecule has 0 atom stereocenters. The van der Waals surface area contributed by atoms with E-state index in [0.29, 0.717) is 21.3 Å². The molecule has 2 aromatic rings. The monoisotopic (exact) mass is 366 g/mol. The molecule has 0 spiro atoms. The van der Waals surface area contributed by atoms with Crippen molar-refractivity contribution in [2.75, 3.05) is 19.7 Å². The second kappa shape index (κ2) is 7.58. The molecule has 0 N–H and O–H groups in total. The lowest BCUT2D eigenvalue weighted by atomic mass is 10.2. The molecule has 0 radical (unpaired) electrons. The van der Waals surface area contributed by atoms with E-state index in [9.17, 15) is 4.79 Å². The van der Waals surface area contributed by atoms with Crippen LogP contribution < -0.4 is 4.74 Å². The molecule has 2 heterocycles. The molecular formula is C18H20Cl2N2O2. The minimum Gasteiger partial charge on any atom is -0.480 e. The van der Waals surface area contributed by atoms with E-state index < -0.39 is 0 Å². The van der Waals surface area contributed by atoms with Crippen molar-refractivity contribution in [3.63, 3.8) is 0 Å². The van der Waals surface area contributed by atoms with Crippen LogP contribution in [0.1, 0.15) is 31.4 Å². The van der Waals surface area contributed by atoms with Crippen molar-refractivity contribution in [3.8, 4) is 5.75 Å². The number of amides is 1. The topological polar surface area (TPSA) is 42.4 Å². The van der Waals surface area contributed by atoms with E-state index in [1.807, 2.05) is 24.0 Å². The quantitative estimate of drug-likeness (QED) is 0.794. The molecule has 4 nitrogen and oxygen atoms in total. The first-order valence-corrected chi connectivity index (χ1v) is 8.98. The smallest absolute Gasteiger partial charge is 0.260 e. The summed E-state index contributed by atoms with van der Waals surface area (Å²) in [5.41, 5.74) is 1.43. The Balaban J connectivity index is 1.82. The Hall–Kier alpha value is -1.52. The predicted molar refractivity (Wildman–Crippen MR) is 97.0 cm³/mol. The minimum atomic E-state index is -0.0356. The van der Waals surface area contributed by atoms with Gasteiger partial charge >= 0.3 is 0 Å². The molecule has 1 aromatic carbocycles. The van der Waals surface area contributed by atoms with E-state index in [1.54, 1.807) is 6.07 Å². The molecule has 1 fully saturated rings. The van der Waals surface area contributed by atoms with Gasteiger partial charge in [-0.1, -0.05) is 36.0 Å². The Morgan fingerprint density at radius 2 is 1.88 bits per heavy atom. The van der Waals surface area contributed by atoms with Crippen LogP contribution >= 0.6 is 23.2 Å². The summed E-state index contributed by atoms with van der Waals surface area (Å²) in [6.07, 6.45) is 4.47. The van der Waals surface area contributed by atoms with Gasteiger partial charge in [-0.3, -0.25) is 4.79 Å². The zero-order valence-corrected chi connectivity index (χ0v) is 15.2. The fourth-order valence-corrected chi connectivity index (χ4v) is 3.54. The number of hydrogen-bond donors (Lipinski definition) is 0. The SMILES string of the molecule is Cc1ccc2c(Cl)cc(Cl)c(OCC(=O)N3CCCCCC3)c2n1. The summed E-state index contributed by atoms with van der Waals surface area (Å²) in [4.78, 5) is 18.8. The Morgan fingerprint density at radius 1 is 1.17 bits per heavy atom. The largest absolute Gasteiger partial charge is 0.480 e. The Morgan fingerprint density at radius 3 is 2.58 bits per heavy atom. The fourth-order valence-electron chi connectivity index (χ4n) is 2.97. The summed E-state index contributed by atoms with van der Waals surface area (Å²) in [6, 6.07) is 5.41. The highest BCUT2D eigenvalue weighted by molar-refractivity contribution is 6.39. The van der Waals surface area contributed by atoms with Gasteiger partial charge in [0.1, 0.15) is 5.52 Å². The van der Waals surface area contributed by atoms with Crippen LogP contribution in [0.5, 0.6) is 5.75 Å². The second-order valence-corrected chi connectivity index (χ2v) is 6.92. The van der Waals surface area contributed by atoms with Gasteiger partial charge in [0, 0.05) is 24.2 Å². The van der Waals surface area contributed by atoms with Gasteiger partial charge < -0.3 is 9.64 Å². The number of aryl methyl sites for hydroxylation is 1. The third kappa shape index (κ3) is 3.76. The van der Waals surface area contributed by atoms with Crippen LogP contribution in [-0.4, -0.2) is 35.5 Å². The maximum absolute atomic E-state index is 12.4. The summed E-state index contributed by atoms with van der Waals surface area (Å²) >= 11 is 12.5. The van der Waals surface area contributed by atoms with E-state index in [4.69, 9.17) is 27.9 Å². The molecule has 1 aliphatic heterocycles. The number of ether oxygens (including phenoxy) is 1. The standard InChI is InChI=1S/C18H20Cl2N2O2/c1-12-6-7-13-14(19)10-15(20)18(17(13)21-12)24-11-16(23)22-8-4-2-3-5-9-22/h6-7,10H,2-5,8-9,11H2,1H3. The van der Waals surface area contributed by atoms with E-state index in [1.165, 1.54) is 12.8 Å². The number of benzene rings is 1. The number of hydrogen-bond acceptors (Lipinski definition) is 3. The summed E-state index contributed by atoms with van der Waals surface area (Å²) < 4.78 is 5.77. The summed E-state index contributed by atoms with van der Waals surface area (Å²) in [7, 11) is 0. The second-order valence-electron chi connectivity index (χ2n) is 6.10. The number of halogens is 2. The van der Waals surface area contributed by atoms with Crippen molar-refractivity contribution in [1.29, 1.82) is 0 Å². The molecule has 1 saturated heterocycles. The predicted octanol–water partition coefficient (Wildman–Crippen LogP) is 4.63. The number of carbonyl (C=O) groups is 1. The van der Waals surface area contributed by atoms with Gasteiger partial charge in [-0.2, -0.15) is 0 Å². The van der Waals surface area contributed by atoms with E-state index in [2.05, 4.69) is 4.98 Å². The van der Waals surface area contributed by atoms with Gasteiger partial charge in [-0.05, 0) is 38.0 Å². The van der Waals surface area contributed by atoms with Gasteiger partial charge in [0.05, 0.1) is 10.0 Å². The number of fused-ring (bicyclic) bond motifs is 1. The van der Waals surface area contributed by atoms with Crippen molar-refractivity contribution < 1.29 is 9.53 Å². The van der Waals surface area contributed by atoms with E-state index in [-0.39, 0.29) is 12.5 Å². The van der Waals surface area contributed by atoms with Crippen molar-refractivity contribution in [2.24, 2.45) is 0 Å². The average Bonchev–Trinajstić information content (AvgIpc) is 2.83. The van der Waals surface area contributed by atoms with Crippen molar-refractivity contribution in [1.82, 2.24) is 9.88 Å². The fraction of sp³-hybridized carbons (Fsp3) is 0.444. The summed E-state index contributed by atoms with van der Waals surface area (Å²) in [6.45, 7) is 3.45. The first-order valence-electron chi connectivity index (χ1n) is 8.22. The molecule has 1 aromatic heterocycles. The molecular weight excluding hydrogens is 347 g/mol. The van der Waals surface area contributed by atoms with Crippen LogP contribution in [0.15, 0.2) is 18.2 Å². The number of nitrogens with zero attached hydrogens (tertiary/aromatic N) is 2. The summed E-state index contributed by atoms with van der Waals surface area (Å²) in [5.74, 6) is 0.409. The molecule has 1 amide bonds. The Kier molecular flexibility index (Phi) is 5.47. The average molecular weight is 367 g/mol. The molecule has 0 unspecified atom stereocenters. The lowest BCUT2D eigenvalue weighted by Crippen LogP contribution is -2.35. The maximum Gasteiger partial charge on any atom is 0.260 e. The molecule has 24 heavy (non-hydrogen) atoms. The number of carbonyl (C=O) groups excluding carboxylic acids is 1. The first-order chi connectivity index (χ1) is 11.6. The summed E-state index contributed by atoms with van der Waals surface area (Å²) in [5, 5.41) is 1.66. The molecule has 1 aliphatic rings.